The number of esters is 1. The number of nitrogens with zero attached hydrogens (tertiary/aromatic N) is 1. The van der Waals surface area contributed by atoms with E-state index in [-0.39, 0.29) is 30.1 Å². The lowest BCUT2D eigenvalue weighted by Crippen LogP contribution is -2.16. The number of halogens is 1. The number of rotatable bonds is 3. The van der Waals surface area contributed by atoms with Crippen molar-refractivity contribution in [3.8, 4) is 11.8 Å². The number of aromatic hydroxyl groups is 1. The van der Waals surface area contributed by atoms with Crippen LogP contribution in [0.1, 0.15) is 23.6 Å². The van der Waals surface area contributed by atoms with Crippen LogP contribution in [0.2, 0.25) is 0 Å². The van der Waals surface area contributed by atoms with Crippen LogP contribution in [0.4, 0.5) is 0 Å². The van der Waals surface area contributed by atoms with E-state index < -0.39 is 12.0 Å². The summed E-state index contributed by atoms with van der Waals surface area (Å²) in [5.41, 5.74) is 6.23. The van der Waals surface area contributed by atoms with E-state index in [0.717, 1.165) is 0 Å². The zero-order valence-corrected chi connectivity index (χ0v) is 10.0. The van der Waals surface area contributed by atoms with Crippen molar-refractivity contribution >= 4 is 18.4 Å². The standard InChI is InChI=1S/C11H12N2O3.ClH/c1-16-10(14)5-9(13)8-4-2-3-7(6-12)11(8)15;/h2-4,9,15H,5,13H2,1H3;1H/t9-;/m0./s1. The van der Waals surface area contributed by atoms with Gasteiger partial charge in [0.25, 0.3) is 0 Å². The number of hydrogen-bond donors (Lipinski definition) is 2. The quantitative estimate of drug-likeness (QED) is 0.794. The van der Waals surface area contributed by atoms with Gasteiger partial charge in [-0.1, -0.05) is 12.1 Å². The molecule has 0 radical (unpaired) electrons. The zero-order chi connectivity index (χ0) is 12.1. The topological polar surface area (TPSA) is 96.3 Å². The molecule has 0 heterocycles. The van der Waals surface area contributed by atoms with Gasteiger partial charge in [-0.25, -0.2) is 0 Å². The van der Waals surface area contributed by atoms with Gasteiger partial charge in [0.1, 0.15) is 11.8 Å². The highest BCUT2D eigenvalue weighted by Gasteiger charge is 2.17. The highest BCUT2D eigenvalue weighted by molar-refractivity contribution is 5.85. The summed E-state index contributed by atoms with van der Waals surface area (Å²) in [5.74, 6) is -0.643. The highest BCUT2D eigenvalue weighted by Crippen LogP contribution is 2.27. The fourth-order valence-corrected chi connectivity index (χ4v) is 1.32. The number of ether oxygens (including phenoxy) is 1. The molecule has 0 amide bonds. The van der Waals surface area contributed by atoms with Crippen molar-refractivity contribution in [1.29, 1.82) is 5.26 Å². The summed E-state index contributed by atoms with van der Waals surface area (Å²) >= 11 is 0. The molecular weight excluding hydrogens is 244 g/mol. The Morgan fingerprint density at radius 3 is 2.82 bits per heavy atom. The molecule has 1 aromatic rings. The first-order chi connectivity index (χ1) is 7.60. The van der Waals surface area contributed by atoms with E-state index >= 15 is 0 Å². The van der Waals surface area contributed by atoms with E-state index in [4.69, 9.17) is 11.0 Å². The van der Waals surface area contributed by atoms with E-state index in [1.165, 1.54) is 13.2 Å². The number of carbonyl (C=O) groups is 1. The predicted octanol–water partition coefficient (Wildman–Crippen LogP) is 1.25. The Morgan fingerprint density at radius 2 is 2.29 bits per heavy atom. The van der Waals surface area contributed by atoms with Crippen LogP contribution in [-0.2, 0) is 9.53 Å². The molecule has 0 aromatic heterocycles. The third-order valence-corrected chi connectivity index (χ3v) is 2.20. The average molecular weight is 257 g/mol. The third-order valence-electron chi connectivity index (χ3n) is 2.20. The number of hydrogen-bond acceptors (Lipinski definition) is 5. The number of benzene rings is 1. The van der Waals surface area contributed by atoms with Gasteiger partial charge in [0.05, 0.1) is 19.1 Å². The van der Waals surface area contributed by atoms with Crippen LogP contribution < -0.4 is 5.73 Å². The van der Waals surface area contributed by atoms with Gasteiger partial charge in [-0.05, 0) is 6.07 Å². The van der Waals surface area contributed by atoms with Gasteiger partial charge in [0.15, 0.2) is 0 Å². The Balaban J connectivity index is 0.00000256. The molecule has 1 aromatic carbocycles. The molecule has 1 rings (SSSR count). The van der Waals surface area contributed by atoms with Crippen LogP contribution in [0.15, 0.2) is 18.2 Å². The maximum atomic E-state index is 11.0. The summed E-state index contributed by atoms with van der Waals surface area (Å²) in [7, 11) is 1.26. The molecule has 0 fully saturated rings. The molecule has 0 unspecified atom stereocenters. The fraction of sp³-hybridized carbons (Fsp3) is 0.273. The number of nitriles is 1. The molecule has 0 saturated carbocycles. The van der Waals surface area contributed by atoms with Gasteiger partial charge >= 0.3 is 5.97 Å². The molecule has 1 atom stereocenters. The number of methoxy groups -OCH3 is 1. The van der Waals surface area contributed by atoms with Gasteiger partial charge in [0, 0.05) is 11.6 Å². The van der Waals surface area contributed by atoms with Crippen molar-refractivity contribution < 1.29 is 14.6 Å². The lowest BCUT2D eigenvalue weighted by atomic mass is 10.0. The van der Waals surface area contributed by atoms with Crippen LogP contribution in [0.5, 0.6) is 5.75 Å². The normalized spacial score (nSPS) is 10.9. The first kappa shape index (κ1) is 15.2. The van der Waals surface area contributed by atoms with Gasteiger partial charge in [0.2, 0.25) is 0 Å². The van der Waals surface area contributed by atoms with E-state index in [1.807, 2.05) is 6.07 Å². The van der Waals surface area contributed by atoms with Crippen LogP contribution in [-0.4, -0.2) is 18.2 Å². The third kappa shape index (κ3) is 3.63. The Labute approximate surface area is 105 Å². The number of phenolic OH excluding ortho intramolecular Hbond substituents is 1. The minimum Gasteiger partial charge on any atom is -0.506 e. The molecule has 0 saturated heterocycles. The van der Waals surface area contributed by atoms with Crippen molar-refractivity contribution in [1.82, 2.24) is 0 Å². The van der Waals surface area contributed by atoms with Crippen LogP contribution in [0, 0.1) is 11.3 Å². The van der Waals surface area contributed by atoms with Crippen molar-refractivity contribution in [2.24, 2.45) is 5.73 Å². The Kier molecular flexibility index (Phi) is 6.03. The maximum Gasteiger partial charge on any atom is 0.307 e. The summed E-state index contributed by atoms with van der Waals surface area (Å²) < 4.78 is 4.47. The molecule has 92 valence electrons. The van der Waals surface area contributed by atoms with Crippen LogP contribution >= 0.6 is 12.4 Å². The second kappa shape index (κ2) is 6.74. The minimum atomic E-state index is -0.680. The van der Waals surface area contributed by atoms with E-state index in [9.17, 15) is 9.90 Å². The predicted molar refractivity (Wildman–Crippen MR) is 63.6 cm³/mol. The highest BCUT2D eigenvalue weighted by atomic mass is 35.5. The Morgan fingerprint density at radius 1 is 1.65 bits per heavy atom. The number of carbonyl (C=O) groups excluding carboxylic acids is 1. The largest absolute Gasteiger partial charge is 0.506 e. The van der Waals surface area contributed by atoms with Crippen molar-refractivity contribution in [3.05, 3.63) is 29.3 Å². The van der Waals surface area contributed by atoms with Gasteiger partial charge in [-0.2, -0.15) is 5.26 Å². The molecule has 0 aliphatic rings. The summed E-state index contributed by atoms with van der Waals surface area (Å²) in [6.45, 7) is 0. The van der Waals surface area contributed by atoms with Crippen molar-refractivity contribution in [2.75, 3.05) is 7.11 Å². The molecule has 0 bridgehead atoms. The first-order valence-electron chi connectivity index (χ1n) is 4.64. The summed E-state index contributed by atoms with van der Waals surface area (Å²) in [5, 5.41) is 18.4. The van der Waals surface area contributed by atoms with Crippen LogP contribution in [0.25, 0.3) is 0 Å². The number of phenols is 1. The van der Waals surface area contributed by atoms with Crippen molar-refractivity contribution in [2.45, 2.75) is 12.5 Å². The molecule has 17 heavy (non-hydrogen) atoms. The first-order valence-corrected chi connectivity index (χ1v) is 4.64. The monoisotopic (exact) mass is 256 g/mol. The SMILES string of the molecule is COC(=O)C[C@H](N)c1cccc(C#N)c1O.Cl. The summed E-state index contributed by atoms with van der Waals surface area (Å²) in [6.07, 6.45) is -0.0427. The fourth-order valence-electron chi connectivity index (χ4n) is 1.32. The van der Waals surface area contributed by atoms with Crippen molar-refractivity contribution in [3.63, 3.8) is 0 Å². The lowest BCUT2D eigenvalue weighted by Gasteiger charge is -2.12. The molecule has 3 N–H and O–H groups in total. The molecular formula is C11H13ClN2O3. The zero-order valence-electron chi connectivity index (χ0n) is 9.21. The molecule has 0 spiro atoms. The van der Waals surface area contributed by atoms with Gasteiger partial charge in [-0.15, -0.1) is 12.4 Å². The van der Waals surface area contributed by atoms with Gasteiger partial charge < -0.3 is 15.6 Å². The molecule has 5 nitrogen and oxygen atoms in total. The van der Waals surface area contributed by atoms with Gasteiger partial charge in [-0.3, -0.25) is 4.79 Å². The summed E-state index contributed by atoms with van der Waals surface area (Å²) in [4.78, 5) is 11.0. The molecule has 0 aliphatic carbocycles. The average Bonchev–Trinajstić information content (AvgIpc) is 2.29. The second-order valence-electron chi connectivity index (χ2n) is 3.24. The smallest absolute Gasteiger partial charge is 0.307 e. The van der Waals surface area contributed by atoms with Crippen LogP contribution in [0.3, 0.4) is 0 Å². The molecule has 6 heteroatoms. The second-order valence-corrected chi connectivity index (χ2v) is 3.24. The van der Waals surface area contributed by atoms with E-state index in [2.05, 4.69) is 4.74 Å². The lowest BCUT2D eigenvalue weighted by molar-refractivity contribution is -0.141. The van der Waals surface area contributed by atoms with E-state index in [1.54, 1.807) is 12.1 Å². The molecule has 0 aliphatic heterocycles. The Bertz CT molecular complexity index is 443. The summed E-state index contributed by atoms with van der Waals surface area (Å²) in [6, 6.07) is 5.81. The maximum absolute atomic E-state index is 11.0. The van der Waals surface area contributed by atoms with E-state index in [0.29, 0.717) is 5.56 Å². The number of para-hydroxylation sites is 1. The number of nitrogens with two attached hydrogens (primary N) is 1. The minimum absolute atomic E-state index is 0. The Hall–Kier alpha value is -1.77.